The number of phenols is 1. The third-order valence-corrected chi connectivity index (χ3v) is 4.61. The zero-order valence-electron chi connectivity index (χ0n) is 15.7. The molecule has 0 spiro atoms. The Hall–Kier alpha value is -3.67. The van der Waals surface area contributed by atoms with Crippen LogP contribution in [0.1, 0.15) is 23.0 Å². The summed E-state index contributed by atoms with van der Waals surface area (Å²) in [6, 6.07) is 15.8. The van der Waals surface area contributed by atoms with Crippen molar-refractivity contribution < 1.29 is 9.90 Å². The monoisotopic (exact) mass is 372 g/mol. The maximum absolute atomic E-state index is 13.0. The normalized spacial score (nSPS) is 10.9. The van der Waals surface area contributed by atoms with E-state index in [-0.39, 0.29) is 11.7 Å². The van der Waals surface area contributed by atoms with Crippen molar-refractivity contribution in [3.8, 4) is 17.0 Å². The zero-order valence-corrected chi connectivity index (χ0v) is 15.7. The van der Waals surface area contributed by atoms with Crippen LogP contribution in [0, 0.1) is 6.92 Å². The molecule has 0 saturated heterocycles. The van der Waals surface area contributed by atoms with Crippen molar-refractivity contribution in [3.63, 3.8) is 0 Å². The SMILES string of the molecule is CCn1cc(-c2cc(C(=O)Nc3cccc(O)c3)c3ccccc3n2)c(C)n1. The molecular weight excluding hydrogens is 352 g/mol. The molecule has 0 atom stereocenters. The van der Waals surface area contributed by atoms with Gasteiger partial charge in [-0.2, -0.15) is 5.10 Å². The van der Waals surface area contributed by atoms with E-state index in [2.05, 4.69) is 10.4 Å². The van der Waals surface area contributed by atoms with Gasteiger partial charge in [0.1, 0.15) is 5.75 Å². The van der Waals surface area contributed by atoms with Crippen LogP contribution in [0.25, 0.3) is 22.2 Å². The van der Waals surface area contributed by atoms with Gasteiger partial charge < -0.3 is 10.4 Å². The summed E-state index contributed by atoms with van der Waals surface area (Å²) in [6.45, 7) is 4.72. The number of hydrogen-bond acceptors (Lipinski definition) is 4. The maximum Gasteiger partial charge on any atom is 0.256 e. The standard InChI is InChI=1S/C22H20N4O2/c1-3-26-13-19(14(2)25-26)21-12-18(17-9-4-5-10-20(17)24-21)22(28)23-15-7-6-8-16(27)11-15/h4-13,27H,3H2,1-2H3,(H,23,28). The molecule has 2 heterocycles. The summed E-state index contributed by atoms with van der Waals surface area (Å²) in [6.07, 6.45) is 1.95. The molecule has 6 heteroatoms. The van der Waals surface area contributed by atoms with Crippen LogP contribution in [0.5, 0.6) is 5.75 Å². The number of aryl methyl sites for hydroxylation is 2. The maximum atomic E-state index is 13.0. The molecule has 0 unspecified atom stereocenters. The summed E-state index contributed by atoms with van der Waals surface area (Å²) in [5.74, 6) is -0.160. The average molecular weight is 372 g/mol. The highest BCUT2D eigenvalue weighted by Crippen LogP contribution is 2.27. The molecule has 0 fully saturated rings. The van der Waals surface area contributed by atoms with Gasteiger partial charge in [0.2, 0.25) is 0 Å². The van der Waals surface area contributed by atoms with Crippen LogP contribution in [0.3, 0.4) is 0 Å². The highest BCUT2D eigenvalue weighted by Gasteiger charge is 2.16. The second kappa shape index (κ2) is 7.15. The van der Waals surface area contributed by atoms with E-state index in [1.165, 1.54) is 6.07 Å². The van der Waals surface area contributed by atoms with Gasteiger partial charge >= 0.3 is 0 Å². The number of carbonyl (C=O) groups excluding carboxylic acids is 1. The number of carbonyl (C=O) groups is 1. The Labute approximate surface area is 162 Å². The second-order valence-corrected chi connectivity index (χ2v) is 6.56. The Morgan fingerprint density at radius 3 is 2.71 bits per heavy atom. The van der Waals surface area contributed by atoms with Crippen molar-refractivity contribution in [1.82, 2.24) is 14.8 Å². The summed E-state index contributed by atoms with van der Waals surface area (Å²) in [7, 11) is 0. The molecule has 0 aliphatic heterocycles. The van der Waals surface area contributed by atoms with Gasteiger partial charge in [-0.3, -0.25) is 9.48 Å². The van der Waals surface area contributed by atoms with Gasteiger partial charge in [0.15, 0.2) is 0 Å². The van der Waals surface area contributed by atoms with Crippen molar-refractivity contribution in [1.29, 1.82) is 0 Å². The number of phenolic OH excluding ortho intramolecular Hbond substituents is 1. The second-order valence-electron chi connectivity index (χ2n) is 6.56. The summed E-state index contributed by atoms with van der Waals surface area (Å²) < 4.78 is 1.86. The lowest BCUT2D eigenvalue weighted by atomic mass is 10.0. The number of fused-ring (bicyclic) bond motifs is 1. The summed E-state index contributed by atoms with van der Waals surface area (Å²) in [5, 5.41) is 17.8. The van der Waals surface area contributed by atoms with Gasteiger partial charge in [0.05, 0.1) is 22.5 Å². The molecule has 0 aliphatic rings. The number of benzene rings is 2. The number of amides is 1. The van der Waals surface area contributed by atoms with Crippen LogP contribution in [0.4, 0.5) is 5.69 Å². The topological polar surface area (TPSA) is 80.0 Å². The molecule has 0 radical (unpaired) electrons. The van der Waals surface area contributed by atoms with E-state index in [0.717, 1.165) is 28.7 Å². The number of pyridine rings is 1. The lowest BCUT2D eigenvalue weighted by Gasteiger charge is -2.10. The Kier molecular flexibility index (Phi) is 4.53. The fourth-order valence-corrected chi connectivity index (χ4v) is 3.21. The van der Waals surface area contributed by atoms with Gasteiger partial charge in [0, 0.05) is 35.4 Å². The predicted octanol–water partition coefficient (Wildman–Crippen LogP) is 4.38. The first-order chi connectivity index (χ1) is 13.5. The lowest BCUT2D eigenvalue weighted by molar-refractivity contribution is 0.102. The Morgan fingerprint density at radius 2 is 1.96 bits per heavy atom. The summed E-state index contributed by atoms with van der Waals surface area (Å²) in [4.78, 5) is 17.8. The fraction of sp³-hybridized carbons (Fsp3) is 0.136. The van der Waals surface area contributed by atoms with Crippen molar-refractivity contribution in [2.75, 3.05) is 5.32 Å². The molecule has 0 bridgehead atoms. The third-order valence-electron chi connectivity index (χ3n) is 4.61. The molecule has 0 saturated carbocycles. The van der Waals surface area contributed by atoms with Crippen molar-refractivity contribution >= 4 is 22.5 Å². The van der Waals surface area contributed by atoms with Crippen LogP contribution in [-0.4, -0.2) is 25.8 Å². The average Bonchev–Trinajstić information content (AvgIpc) is 3.08. The fourth-order valence-electron chi connectivity index (χ4n) is 3.21. The minimum Gasteiger partial charge on any atom is -0.508 e. The molecule has 2 aromatic heterocycles. The van der Waals surface area contributed by atoms with Crippen molar-refractivity contribution in [2.24, 2.45) is 0 Å². The summed E-state index contributed by atoms with van der Waals surface area (Å²) >= 11 is 0. The van der Waals surface area contributed by atoms with E-state index < -0.39 is 0 Å². The number of nitrogens with one attached hydrogen (secondary N) is 1. The molecular formula is C22H20N4O2. The molecule has 1 amide bonds. The largest absolute Gasteiger partial charge is 0.508 e. The van der Waals surface area contributed by atoms with Crippen molar-refractivity contribution in [3.05, 3.63) is 72.1 Å². The van der Waals surface area contributed by atoms with Gasteiger partial charge in [-0.25, -0.2) is 4.98 Å². The molecule has 2 N–H and O–H groups in total. The van der Waals surface area contributed by atoms with Crippen LogP contribution in [0.15, 0.2) is 60.8 Å². The number of hydrogen-bond donors (Lipinski definition) is 2. The minimum atomic E-state index is -0.258. The van der Waals surface area contributed by atoms with Crippen LogP contribution in [0.2, 0.25) is 0 Å². The zero-order chi connectivity index (χ0) is 19.7. The van der Waals surface area contributed by atoms with E-state index in [9.17, 15) is 9.90 Å². The molecule has 28 heavy (non-hydrogen) atoms. The van der Waals surface area contributed by atoms with E-state index in [0.29, 0.717) is 16.9 Å². The molecule has 6 nitrogen and oxygen atoms in total. The van der Waals surface area contributed by atoms with Gasteiger partial charge in [-0.15, -0.1) is 0 Å². The Balaban J connectivity index is 1.82. The molecule has 4 rings (SSSR count). The van der Waals surface area contributed by atoms with Gasteiger partial charge in [-0.05, 0) is 38.1 Å². The first-order valence-electron chi connectivity index (χ1n) is 9.09. The van der Waals surface area contributed by atoms with E-state index in [4.69, 9.17) is 4.98 Å². The number of aromatic nitrogens is 3. The molecule has 4 aromatic rings. The first-order valence-corrected chi connectivity index (χ1v) is 9.09. The van der Waals surface area contributed by atoms with E-state index in [1.54, 1.807) is 24.3 Å². The van der Waals surface area contributed by atoms with Gasteiger partial charge in [-0.1, -0.05) is 24.3 Å². The predicted molar refractivity (Wildman–Crippen MR) is 109 cm³/mol. The van der Waals surface area contributed by atoms with E-state index >= 15 is 0 Å². The molecule has 140 valence electrons. The lowest BCUT2D eigenvalue weighted by Crippen LogP contribution is -2.13. The quantitative estimate of drug-likeness (QED) is 0.557. The Bertz CT molecular complexity index is 1180. The van der Waals surface area contributed by atoms with Crippen molar-refractivity contribution in [2.45, 2.75) is 20.4 Å². The molecule has 0 aliphatic carbocycles. The number of anilines is 1. The molecule has 2 aromatic carbocycles. The van der Waals surface area contributed by atoms with E-state index in [1.807, 2.05) is 49.0 Å². The summed E-state index contributed by atoms with van der Waals surface area (Å²) in [5.41, 5.74) is 4.26. The number of aromatic hydroxyl groups is 1. The van der Waals surface area contributed by atoms with Crippen LogP contribution < -0.4 is 5.32 Å². The highest BCUT2D eigenvalue weighted by molar-refractivity contribution is 6.13. The number of rotatable bonds is 4. The highest BCUT2D eigenvalue weighted by atomic mass is 16.3. The van der Waals surface area contributed by atoms with Gasteiger partial charge in [0.25, 0.3) is 5.91 Å². The van der Waals surface area contributed by atoms with Crippen LogP contribution >= 0.6 is 0 Å². The van der Waals surface area contributed by atoms with Crippen LogP contribution in [-0.2, 0) is 6.54 Å². The smallest absolute Gasteiger partial charge is 0.256 e. The number of nitrogens with zero attached hydrogens (tertiary/aromatic N) is 3. The Morgan fingerprint density at radius 1 is 1.14 bits per heavy atom. The minimum absolute atomic E-state index is 0.0979. The third kappa shape index (κ3) is 3.32. The first kappa shape index (κ1) is 17.7. The number of para-hydroxylation sites is 1.